The predicted molar refractivity (Wildman–Crippen MR) is 105 cm³/mol. The molecule has 1 aliphatic heterocycles. The lowest BCUT2D eigenvalue weighted by Crippen LogP contribution is -2.00. The number of aliphatic imine (C=N–C) groups is 1. The van der Waals surface area contributed by atoms with Crippen molar-refractivity contribution in [2.24, 2.45) is 4.99 Å². The molecule has 1 heterocycles. The summed E-state index contributed by atoms with van der Waals surface area (Å²) in [6.45, 7) is 0.416. The molecule has 6 heteroatoms. The first-order valence-electron chi connectivity index (χ1n) is 7.61. The fraction of sp³-hybridized carbons (Fsp3) is 0.158. The largest absolute Gasteiger partial charge is 0.493 e. The van der Waals surface area contributed by atoms with Gasteiger partial charge in [-0.05, 0) is 35.7 Å². The Balaban J connectivity index is 1.92. The summed E-state index contributed by atoms with van der Waals surface area (Å²) in [5.41, 5.74) is 2.25. The van der Waals surface area contributed by atoms with Gasteiger partial charge in [0.15, 0.2) is 11.5 Å². The van der Waals surface area contributed by atoms with Crippen molar-refractivity contribution in [2.45, 2.75) is 6.61 Å². The molecule has 4 nitrogen and oxygen atoms in total. The molecule has 0 atom stereocenters. The van der Waals surface area contributed by atoms with Crippen LogP contribution < -0.4 is 9.47 Å². The highest BCUT2D eigenvalue weighted by Gasteiger charge is 2.22. The Kier molecular flexibility index (Phi) is 5.83. The van der Waals surface area contributed by atoms with Gasteiger partial charge < -0.3 is 9.47 Å². The van der Waals surface area contributed by atoms with Gasteiger partial charge >= 0.3 is 0 Å². The number of hydrogen-bond acceptors (Lipinski definition) is 6. The Labute approximate surface area is 155 Å². The molecular formula is C19H17NO3S2. The summed E-state index contributed by atoms with van der Waals surface area (Å²) in [6, 6.07) is 15.5. The van der Waals surface area contributed by atoms with Crippen LogP contribution >= 0.6 is 23.5 Å². The van der Waals surface area contributed by atoms with Crippen LogP contribution in [0.3, 0.4) is 0 Å². The monoisotopic (exact) mass is 371 g/mol. The van der Waals surface area contributed by atoms with E-state index >= 15 is 0 Å². The van der Waals surface area contributed by atoms with E-state index in [1.54, 1.807) is 13.2 Å². The quantitative estimate of drug-likeness (QED) is 0.719. The number of nitrogens with zero attached hydrogens (tertiary/aromatic N) is 1. The molecule has 0 saturated carbocycles. The molecule has 25 heavy (non-hydrogen) atoms. The van der Waals surface area contributed by atoms with Crippen molar-refractivity contribution < 1.29 is 14.3 Å². The van der Waals surface area contributed by atoms with Crippen molar-refractivity contribution >= 4 is 39.1 Å². The van der Waals surface area contributed by atoms with E-state index in [0.29, 0.717) is 23.8 Å². The molecule has 2 aromatic rings. The third-order valence-electron chi connectivity index (χ3n) is 3.52. The van der Waals surface area contributed by atoms with Crippen molar-refractivity contribution in [3.63, 3.8) is 0 Å². The highest BCUT2D eigenvalue weighted by Crippen LogP contribution is 2.36. The van der Waals surface area contributed by atoms with Crippen molar-refractivity contribution in [2.75, 3.05) is 13.4 Å². The molecule has 0 saturated heterocycles. The summed E-state index contributed by atoms with van der Waals surface area (Å²) in [4.78, 5) is 16.4. The van der Waals surface area contributed by atoms with E-state index in [1.807, 2.05) is 54.8 Å². The van der Waals surface area contributed by atoms with Gasteiger partial charge in [0.1, 0.15) is 16.7 Å². The Bertz CT molecular complexity index is 832. The molecule has 0 bridgehead atoms. The molecular weight excluding hydrogens is 354 g/mol. The summed E-state index contributed by atoms with van der Waals surface area (Å²) < 4.78 is 12.2. The molecule has 0 unspecified atom stereocenters. The maximum Gasteiger partial charge on any atom is 0.244 e. The van der Waals surface area contributed by atoms with Gasteiger partial charge in [-0.1, -0.05) is 42.5 Å². The van der Waals surface area contributed by atoms with Gasteiger partial charge in [0.05, 0.1) is 7.11 Å². The number of benzene rings is 2. The molecule has 128 valence electrons. The lowest BCUT2D eigenvalue weighted by atomic mass is 10.1. The molecule has 0 spiro atoms. The van der Waals surface area contributed by atoms with Gasteiger partial charge in [-0.15, -0.1) is 11.8 Å². The summed E-state index contributed by atoms with van der Waals surface area (Å²) in [7, 11) is 1.60. The Morgan fingerprint density at radius 3 is 2.64 bits per heavy atom. The lowest BCUT2D eigenvalue weighted by Gasteiger charge is -2.13. The van der Waals surface area contributed by atoms with E-state index in [0.717, 1.165) is 27.3 Å². The summed E-state index contributed by atoms with van der Waals surface area (Å²) in [6.07, 6.45) is 3.66. The normalized spacial score (nSPS) is 15.4. The molecule has 0 radical (unpaired) electrons. The van der Waals surface area contributed by atoms with Crippen LogP contribution in [0, 0.1) is 0 Å². The van der Waals surface area contributed by atoms with E-state index in [1.165, 1.54) is 11.8 Å². The average molecular weight is 371 g/mol. The standard InChI is InChI=1S/C19H17NO3S2/c1-22-16-10-6-9-14(11-15-18(21)25-19(20-15)24-2)17(16)23-12-13-7-4-3-5-8-13/h3-11H,12H2,1-2H3/b15-11+. The van der Waals surface area contributed by atoms with Crippen LogP contribution in [0.5, 0.6) is 11.5 Å². The molecule has 0 fully saturated rings. The predicted octanol–water partition coefficient (Wildman–Crippen LogP) is 4.61. The summed E-state index contributed by atoms with van der Waals surface area (Å²) >= 11 is 2.62. The van der Waals surface area contributed by atoms with Crippen LogP contribution in [0.25, 0.3) is 6.08 Å². The van der Waals surface area contributed by atoms with Crippen molar-refractivity contribution in [1.82, 2.24) is 0 Å². The number of thioether (sulfide) groups is 2. The summed E-state index contributed by atoms with van der Waals surface area (Å²) in [5, 5.41) is -0.0545. The van der Waals surface area contributed by atoms with Gasteiger partial charge in [-0.3, -0.25) is 4.79 Å². The molecule has 1 aliphatic rings. The fourth-order valence-corrected chi connectivity index (χ4v) is 3.58. The van der Waals surface area contributed by atoms with Crippen LogP contribution in [-0.2, 0) is 11.4 Å². The van der Waals surface area contributed by atoms with Gasteiger partial charge in [0, 0.05) is 5.56 Å². The van der Waals surface area contributed by atoms with E-state index in [9.17, 15) is 4.79 Å². The van der Waals surface area contributed by atoms with Crippen LogP contribution in [0.4, 0.5) is 0 Å². The minimum absolute atomic E-state index is 0.0545. The smallest absolute Gasteiger partial charge is 0.244 e. The first kappa shape index (κ1) is 17.6. The molecule has 3 rings (SSSR count). The fourth-order valence-electron chi connectivity index (χ4n) is 2.32. The minimum atomic E-state index is -0.0545. The van der Waals surface area contributed by atoms with Gasteiger partial charge in [-0.25, -0.2) is 4.99 Å². The maximum atomic E-state index is 12.1. The SMILES string of the molecule is COc1cccc(/C=C2/N=C(SC)SC2=O)c1OCc1ccccc1. The van der Waals surface area contributed by atoms with E-state index < -0.39 is 0 Å². The van der Waals surface area contributed by atoms with E-state index in [4.69, 9.17) is 9.47 Å². The Morgan fingerprint density at radius 1 is 1.16 bits per heavy atom. The zero-order valence-corrected chi connectivity index (χ0v) is 15.5. The van der Waals surface area contributed by atoms with Crippen molar-refractivity contribution in [3.8, 4) is 11.5 Å². The topological polar surface area (TPSA) is 47.9 Å². The van der Waals surface area contributed by atoms with Crippen molar-refractivity contribution in [1.29, 1.82) is 0 Å². The average Bonchev–Trinajstić information content (AvgIpc) is 3.01. The first-order chi connectivity index (χ1) is 12.2. The molecule has 0 aliphatic carbocycles. The molecule has 0 amide bonds. The van der Waals surface area contributed by atoms with Crippen molar-refractivity contribution in [3.05, 3.63) is 65.4 Å². The Hall–Kier alpha value is -2.18. The van der Waals surface area contributed by atoms with Gasteiger partial charge in [-0.2, -0.15) is 0 Å². The van der Waals surface area contributed by atoms with Crippen LogP contribution in [-0.4, -0.2) is 22.9 Å². The van der Waals surface area contributed by atoms with Crippen LogP contribution in [0.1, 0.15) is 11.1 Å². The highest BCUT2D eigenvalue weighted by molar-refractivity contribution is 8.45. The molecule has 2 aromatic carbocycles. The molecule has 0 aromatic heterocycles. The zero-order valence-electron chi connectivity index (χ0n) is 13.9. The van der Waals surface area contributed by atoms with E-state index in [-0.39, 0.29) is 5.12 Å². The second-order valence-corrected chi connectivity index (χ2v) is 7.17. The van der Waals surface area contributed by atoms with Gasteiger partial charge in [0.25, 0.3) is 0 Å². The number of rotatable bonds is 5. The number of ether oxygens (including phenoxy) is 2. The summed E-state index contributed by atoms with van der Waals surface area (Å²) in [5.74, 6) is 1.23. The lowest BCUT2D eigenvalue weighted by molar-refractivity contribution is -0.107. The number of carbonyl (C=O) groups is 1. The maximum absolute atomic E-state index is 12.1. The zero-order chi connectivity index (χ0) is 17.6. The van der Waals surface area contributed by atoms with Gasteiger partial charge in [0.2, 0.25) is 5.12 Å². The number of para-hydroxylation sites is 1. The molecule has 0 N–H and O–H groups in total. The second kappa shape index (κ2) is 8.27. The number of methoxy groups -OCH3 is 1. The number of carbonyl (C=O) groups excluding carboxylic acids is 1. The minimum Gasteiger partial charge on any atom is -0.493 e. The second-order valence-electron chi connectivity index (χ2n) is 5.15. The van der Waals surface area contributed by atoms with Crippen LogP contribution in [0.2, 0.25) is 0 Å². The van der Waals surface area contributed by atoms with Crippen LogP contribution in [0.15, 0.2) is 59.2 Å². The first-order valence-corrected chi connectivity index (χ1v) is 9.65. The third kappa shape index (κ3) is 4.27. The van der Waals surface area contributed by atoms with E-state index in [2.05, 4.69) is 4.99 Å². The highest BCUT2D eigenvalue weighted by atomic mass is 32.2. The third-order valence-corrected chi connectivity index (χ3v) is 5.37. The number of hydrogen-bond donors (Lipinski definition) is 0. The Morgan fingerprint density at radius 2 is 1.96 bits per heavy atom.